The number of rotatable bonds is 12. The van der Waals surface area contributed by atoms with Gasteiger partial charge in [-0.1, -0.05) is 6.08 Å². The lowest BCUT2D eigenvalue weighted by molar-refractivity contribution is 0.0712. The van der Waals surface area contributed by atoms with Gasteiger partial charge < -0.3 is 13.3 Å². The van der Waals surface area contributed by atoms with Gasteiger partial charge in [0.1, 0.15) is 0 Å². The van der Waals surface area contributed by atoms with Gasteiger partial charge in [-0.2, -0.15) is 11.8 Å². The van der Waals surface area contributed by atoms with E-state index in [-0.39, 0.29) is 0 Å². The van der Waals surface area contributed by atoms with Crippen LogP contribution in [0, 0.1) is 17.8 Å². The summed E-state index contributed by atoms with van der Waals surface area (Å²) >= 11 is 2.18. The molecular weight excluding hydrogens is 324 g/mol. The first kappa shape index (κ1) is 19.5. The Labute approximate surface area is 147 Å². The maximum atomic E-state index is 5.93. The minimum atomic E-state index is -2.43. The number of thioether (sulfide) groups is 1. The van der Waals surface area contributed by atoms with Gasteiger partial charge in [0.05, 0.1) is 0 Å². The molecule has 0 saturated heterocycles. The van der Waals surface area contributed by atoms with Gasteiger partial charge in [0.2, 0.25) is 0 Å². The van der Waals surface area contributed by atoms with Crippen LogP contribution in [0.3, 0.4) is 0 Å². The highest BCUT2D eigenvalue weighted by molar-refractivity contribution is 7.99. The summed E-state index contributed by atoms with van der Waals surface area (Å²) < 4.78 is 17.8. The van der Waals surface area contributed by atoms with E-state index in [1.54, 1.807) is 0 Å². The van der Waals surface area contributed by atoms with E-state index in [0.29, 0.717) is 19.8 Å². The Hall–Kier alpha value is 0.187. The zero-order chi connectivity index (χ0) is 16.7. The van der Waals surface area contributed by atoms with Gasteiger partial charge in [0, 0.05) is 31.1 Å². The van der Waals surface area contributed by atoms with E-state index in [9.17, 15) is 0 Å². The molecule has 5 heteroatoms. The largest absolute Gasteiger partial charge is 0.500 e. The van der Waals surface area contributed by atoms with Crippen molar-refractivity contribution in [3.05, 3.63) is 12.7 Å². The topological polar surface area (TPSA) is 27.7 Å². The second kappa shape index (κ2) is 9.61. The molecule has 2 aliphatic carbocycles. The molecule has 0 spiro atoms. The molecule has 0 amide bonds. The molecule has 2 rings (SSSR count). The van der Waals surface area contributed by atoms with Crippen LogP contribution in [0.1, 0.15) is 46.5 Å². The second-order valence-corrected chi connectivity index (χ2v) is 10.7. The van der Waals surface area contributed by atoms with Gasteiger partial charge in [0.25, 0.3) is 0 Å². The molecule has 0 aromatic rings. The highest BCUT2D eigenvalue weighted by atomic mass is 32.2. The molecule has 0 aromatic carbocycles. The molecule has 0 aromatic heterocycles. The quantitative estimate of drug-likeness (QED) is 0.286. The van der Waals surface area contributed by atoms with Crippen molar-refractivity contribution < 1.29 is 13.3 Å². The van der Waals surface area contributed by atoms with E-state index in [0.717, 1.165) is 35.5 Å². The summed E-state index contributed by atoms with van der Waals surface area (Å²) in [6.07, 6.45) is 7.54. The third-order valence-electron chi connectivity index (χ3n) is 5.20. The molecule has 2 saturated carbocycles. The fraction of sp³-hybridized carbons (Fsp3) is 0.889. The van der Waals surface area contributed by atoms with E-state index in [1.807, 2.05) is 20.8 Å². The summed E-state index contributed by atoms with van der Waals surface area (Å²) in [5, 5.41) is 0.874. The first-order valence-electron chi connectivity index (χ1n) is 9.34. The molecule has 0 unspecified atom stereocenters. The number of allylic oxidation sites excluding steroid dienone is 1. The van der Waals surface area contributed by atoms with Gasteiger partial charge in [-0.3, -0.25) is 0 Å². The number of fused-ring (bicyclic) bond motifs is 2. The molecule has 134 valence electrons. The van der Waals surface area contributed by atoms with Crippen LogP contribution in [0.4, 0.5) is 0 Å². The van der Waals surface area contributed by atoms with Crippen molar-refractivity contribution in [1.29, 1.82) is 0 Å². The highest BCUT2D eigenvalue weighted by Crippen LogP contribution is 2.53. The minimum absolute atomic E-state index is 0.675. The van der Waals surface area contributed by atoms with Crippen molar-refractivity contribution in [2.75, 3.05) is 25.6 Å². The molecule has 2 fully saturated rings. The van der Waals surface area contributed by atoms with Crippen molar-refractivity contribution >= 4 is 20.6 Å². The Kier molecular flexibility index (Phi) is 8.15. The molecule has 2 bridgehead atoms. The molecule has 23 heavy (non-hydrogen) atoms. The van der Waals surface area contributed by atoms with Gasteiger partial charge in [-0.05, 0) is 70.0 Å². The first-order chi connectivity index (χ1) is 11.2. The minimum Gasteiger partial charge on any atom is -0.374 e. The monoisotopic (exact) mass is 358 g/mol. The SMILES string of the molecule is C=C[C@H]1C[C@H]2C[C@@H]1C[C@@H]2SCCC[Si](OCC)(OCC)OCC. The molecular formula is C18H34O3SSi. The maximum absolute atomic E-state index is 5.93. The predicted molar refractivity (Wildman–Crippen MR) is 101 cm³/mol. The summed E-state index contributed by atoms with van der Waals surface area (Å²) in [6.45, 7) is 12.1. The van der Waals surface area contributed by atoms with Gasteiger partial charge in [-0.25, -0.2) is 0 Å². The van der Waals surface area contributed by atoms with Crippen LogP contribution >= 0.6 is 11.8 Å². The molecule has 3 nitrogen and oxygen atoms in total. The average Bonchev–Trinajstić information content (AvgIpc) is 3.12. The smallest absolute Gasteiger partial charge is 0.374 e. The Morgan fingerprint density at radius 1 is 1.00 bits per heavy atom. The number of hydrogen-bond donors (Lipinski definition) is 0. The fourth-order valence-corrected chi connectivity index (χ4v) is 8.64. The van der Waals surface area contributed by atoms with Crippen LogP contribution < -0.4 is 0 Å². The zero-order valence-corrected chi connectivity index (χ0v) is 16.9. The second-order valence-electron chi connectivity index (χ2n) is 6.62. The van der Waals surface area contributed by atoms with Crippen molar-refractivity contribution in [1.82, 2.24) is 0 Å². The van der Waals surface area contributed by atoms with E-state index >= 15 is 0 Å². The van der Waals surface area contributed by atoms with E-state index in [4.69, 9.17) is 13.3 Å². The molecule has 2 aliphatic rings. The summed E-state index contributed by atoms with van der Waals surface area (Å²) in [5.41, 5.74) is 0. The summed E-state index contributed by atoms with van der Waals surface area (Å²) in [7, 11) is -2.43. The Morgan fingerprint density at radius 2 is 1.65 bits per heavy atom. The van der Waals surface area contributed by atoms with Crippen LogP contribution in [-0.2, 0) is 13.3 Å². The molecule has 4 atom stereocenters. The Bertz CT molecular complexity index is 349. The predicted octanol–water partition coefficient (Wildman–Crippen LogP) is 4.76. The van der Waals surface area contributed by atoms with Crippen molar-refractivity contribution in [3.63, 3.8) is 0 Å². The summed E-state index contributed by atoms with van der Waals surface area (Å²) in [5.74, 6) is 3.85. The normalized spacial score (nSPS) is 30.0. The lowest BCUT2D eigenvalue weighted by Gasteiger charge is -2.29. The fourth-order valence-electron chi connectivity index (χ4n) is 4.28. The number of hydrogen-bond acceptors (Lipinski definition) is 4. The van der Waals surface area contributed by atoms with Crippen LogP contribution in [0.25, 0.3) is 0 Å². The van der Waals surface area contributed by atoms with Crippen LogP contribution in [0.5, 0.6) is 0 Å². The van der Waals surface area contributed by atoms with Crippen LogP contribution in [0.15, 0.2) is 12.7 Å². The molecule has 0 N–H and O–H groups in total. The van der Waals surface area contributed by atoms with E-state index in [1.165, 1.54) is 25.0 Å². The molecule has 0 radical (unpaired) electrons. The average molecular weight is 359 g/mol. The lowest BCUT2D eigenvalue weighted by Crippen LogP contribution is -2.46. The first-order valence-corrected chi connectivity index (χ1v) is 12.3. The summed E-state index contributed by atoms with van der Waals surface area (Å²) in [6, 6.07) is 0.950. The van der Waals surface area contributed by atoms with Gasteiger partial charge in [-0.15, -0.1) is 6.58 Å². The van der Waals surface area contributed by atoms with Gasteiger partial charge in [0.15, 0.2) is 0 Å². The summed E-state index contributed by atoms with van der Waals surface area (Å²) in [4.78, 5) is 0. The Balaban J connectivity index is 1.72. The highest BCUT2D eigenvalue weighted by Gasteiger charge is 2.45. The Morgan fingerprint density at radius 3 is 2.13 bits per heavy atom. The lowest BCUT2D eigenvalue weighted by atomic mass is 9.89. The third-order valence-corrected chi connectivity index (χ3v) is 9.88. The third kappa shape index (κ3) is 5.08. The van der Waals surface area contributed by atoms with E-state index in [2.05, 4.69) is 24.4 Å². The van der Waals surface area contributed by atoms with Crippen LogP contribution in [0.2, 0.25) is 6.04 Å². The maximum Gasteiger partial charge on any atom is 0.500 e. The van der Waals surface area contributed by atoms with Crippen molar-refractivity contribution in [2.45, 2.75) is 57.7 Å². The van der Waals surface area contributed by atoms with Crippen molar-refractivity contribution in [2.24, 2.45) is 17.8 Å². The van der Waals surface area contributed by atoms with Gasteiger partial charge >= 0.3 is 8.80 Å². The standard InChI is InChI=1S/C18H34O3SSi/c1-5-15-12-17-13-16(15)14-18(17)22-10-9-11-23(19-6-2,20-7-3)21-8-4/h5,15-18H,1,6-14H2,2-4H3/t15-,16+,17-,18-/m0/s1. The molecule has 0 heterocycles. The van der Waals surface area contributed by atoms with Crippen molar-refractivity contribution in [3.8, 4) is 0 Å². The molecule has 0 aliphatic heterocycles. The van der Waals surface area contributed by atoms with E-state index < -0.39 is 8.80 Å². The zero-order valence-electron chi connectivity index (χ0n) is 15.1. The van der Waals surface area contributed by atoms with Crippen LogP contribution in [-0.4, -0.2) is 39.6 Å².